The number of rotatable bonds is 5. The molecule has 1 amide bonds. The smallest absolute Gasteiger partial charge is 0.414 e. The van der Waals surface area contributed by atoms with Gasteiger partial charge in [0.05, 0.1) is 31.6 Å². The van der Waals surface area contributed by atoms with Gasteiger partial charge in [-0.3, -0.25) is 4.90 Å². The van der Waals surface area contributed by atoms with E-state index >= 15 is 0 Å². The average molecular weight is 339 g/mol. The lowest BCUT2D eigenvalue weighted by molar-refractivity contribution is 0.127. The van der Waals surface area contributed by atoms with Gasteiger partial charge in [0.2, 0.25) is 0 Å². The molecule has 8 heteroatoms. The Labute approximate surface area is 144 Å². The quantitative estimate of drug-likeness (QED) is 0.838. The SMILES string of the molecule is [C-]#[N+]C1(c2ccc(N3C[C@H](Cn4nncc4CO)OC3=O)cc2)CC1. The first-order valence-electron chi connectivity index (χ1n) is 8.11. The van der Waals surface area contributed by atoms with Crippen molar-refractivity contribution in [2.24, 2.45) is 0 Å². The molecule has 1 N–H and O–H groups in total. The third-order valence-corrected chi connectivity index (χ3v) is 4.76. The molecule has 8 nitrogen and oxygen atoms in total. The Balaban J connectivity index is 1.46. The fourth-order valence-electron chi connectivity index (χ4n) is 3.11. The molecule has 1 aromatic carbocycles. The van der Waals surface area contributed by atoms with Gasteiger partial charge in [0, 0.05) is 24.1 Å². The maximum absolute atomic E-state index is 12.2. The molecule has 0 unspecified atom stereocenters. The number of carbonyl (C=O) groups excluding carboxylic acids is 1. The van der Waals surface area contributed by atoms with Gasteiger partial charge in [-0.25, -0.2) is 16.0 Å². The molecule has 2 fully saturated rings. The van der Waals surface area contributed by atoms with E-state index in [1.165, 1.54) is 10.9 Å². The van der Waals surface area contributed by atoms with Gasteiger partial charge in [-0.2, -0.15) is 0 Å². The molecule has 1 saturated heterocycles. The lowest BCUT2D eigenvalue weighted by Crippen LogP contribution is -2.26. The van der Waals surface area contributed by atoms with Crippen LogP contribution in [-0.4, -0.2) is 38.8 Å². The van der Waals surface area contributed by atoms with Crippen LogP contribution in [0.5, 0.6) is 0 Å². The minimum Gasteiger partial charge on any atom is -0.442 e. The number of aromatic nitrogens is 3. The summed E-state index contributed by atoms with van der Waals surface area (Å²) in [5, 5.41) is 16.9. The van der Waals surface area contributed by atoms with Crippen LogP contribution in [-0.2, 0) is 23.4 Å². The van der Waals surface area contributed by atoms with Crippen LogP contribution in [0.15, 0.2) is 30.5 Å². The zero-order valence-electron chi connectivity index (χ0n) is 13.5. The lowest BCUT2D eigenvalue weighted by atomic mass is 10.1. The number of amides is 1. The minimum atomic E-state index is -0.408. The second-order valence-corrected chi connectivity index (χ2v) is 6.37. The monoisotopic (exact) mass is 339 g/mol. The molecule has 1 saturated carbocycles. The number of benzene rings is 1. The molecule has 1 aromatic heterocycles. The predicted molar refractivity (Wildman–Crippen MR) is 87.5 cm³/mol. The zero-order chi connectivity index (χ0) is 17.4. The summed E-state index contributed by atoms with van der Waals surface area (Å²) in [6, 6.07) is 7.56. The van der Waals surface area contributed by atoms with Crippen molar-refractivity contribution >= 4 is 11.8 Å². The van der Waals surface area contributed by atoms with Crippen molar-refractivity contribution in [2.75, 3.05) is 11.4 Å². The van der Waals surface area contributed by atoms with Gasteiger partial charge in [0.15, 0.2) is 0 Å². The summed E-state index contributed by atoms with van der Waals surface area (Å²) < 4.78 is 6.94. The number of hydrogen-bond acceptors (Lipinski definition) is 5. The van der Waals surface area contributed by atoms with Gasteiger partial charge in [0.25, 0.3) is 5.54 Å². The van der Waals surface area contributed by atoms with Gasteiger partial charge in [-0.1, -0.05) is 5.21 Å². The van der Waals surface area contributed by atoms with E-state index in [0.29, 0.717) is 18.8 Å². The van der Waals surface area contributed by atoms with Crippen LogP contribution < -0.4 is 4.90 Å². The van der Waals surface area contributed by atoms with E-state index in [-0.39, 0.29) is 18.2 Å². The third-order valence-electron chi connectivity index (χ3n) is 4.76. The number of ether oxygens (including phenoxy) is 1. The van der Waals surface area contributed by atoms with Gasteiger partial charge < -0.3 is 14.7 Å². The molecule has 0 radical (unpaired) electrons. The summed E-state index contributed by atoms with van der Waals surface area (Å²) in [5.74, 6) is 0. The van der Waals surface area contributed by atoms with Gasteiger partial charge in [0.1, 0.15) is 6.10 Å². The van der Waals surface area contributed by atoms with E-state index in [1.807, 2.05) is 24.3 Å². The third kappa shape index (κ3) is 2.72. The van der Waals surface area contributed by atoms with Crippen LogP contribution >= 0.6 is 0 Å². The zero-order valence-corrected chi connectivity index (χ0v) is 13.5. The van der Waals surface area contributed by atoms with Crippen LogP contribution in [0.4, 0.5) is 10.5 Å². The van der Waals surface area contributed by atoms with E-state index in [1.54, 1.807) is 4.90 Å². The van der Waals surface area contributed by atoms with E-state index in [0.717, 1.165) is 24.1 Å². The summed E-state index contributed by atoms with van der Waals surface area (Å²) in [5.41, 5.74) is 1.98. The number of aliphatic hydroxyl groups is 1. The Morgan fingerprint density at radius 2 is 2.12 bits per heavy atom. The van der Waals surface area contributed by atoms with Crippen molar-refractivity contribution < 1.29 is 14.6 Å². The number of carbonyl (C=O) groups is 1. The maximum atomic E-state index is 12.2. The molecule has 2 heterocycles. The summed E-state index contributed by atoms with van der Waals surface area (Å²) in [6.07, 6.45) is 2.51. The van der Waals surface area contributed by atoms with Crippen molar-refractivity contribution in [1.29, 1.82) is 0 Å². The molecule has 128 valence electrons. The van der Waals surface area contributed by atoms with Crippen LogP contribution in [0.25, 0.3) is 4.85 Å². The number of cyclic esters (lactones) is 1. The van der Waals surface area contributed by atoms with Crippen LogP contribution in [0.3, 0.4) is 0 Å². The molecule has 0 spiro atoms. The van der Waals surface area contributed by atoms with Crippen LogP contribution in [0, 0.1) is 6.57 Å². The second-order valence-electron chi connectivity index (χ2n) is 6.37. The summed E-state index contributed by atoms with van der Waals surface area (Å²) in [7, 11) is 0. The number of anilines is 1. The molecule has 2 aromatic rings. The van der Waals surface area contributed by atoms with Crippen molar-refractivity contribution in [3.8, 4) is 0 Å². The van der Waals surface area contributed by atoms with Crippen molar-refractivity contribution in [2.45, 2.75) is 37.6 Å². The maximum Gasteiger partial charge on any atom is 0.414 e. The topological polar surface area (TPSA) is 84.8 Å². The highest BCUT2D eigenvalue weighted by atomic mass is 16.6. The highest BCUT2D eigenvalue weighted by Crippen LogP contribution is 2.49. The molecule has 1 aliphatic carbocycles. The van der Waals surface area contributed by atoms with E-state index in [4.69, 9.17) is 11.3 Å². The Hall–Kier alpha value is -2.92. The van der Waals surface area contributed by atoms with Crippen LogP contribution in [0.2, 0.25) is 0 Å². The molecule has 1 aliphatic heterocycles. The van der Waals surface area contributed by atoms with Crippen molar-refractivity contribution in [3.63, 3.8) is 0 Å². The Kier molecular flexibility index (Phi) is 3.66. The summed E-state index contributed by atoms with van der Waals surface area (Å²) in [6.45, 7) is 7.90. The average Bonchev–Trinajstić information content (AvgIpc) is 3.17. The lowest BCUT2D eigenvalue weighted by Gasteiger charge is -2.14. The van der Waals surface area contributed by atoms with E-state index in [2.05, 4.69) is 15.2 Å². The summed E-state index contributed by atoms with van der Waals surface area (Å²) >= 11 is 0. The molecular weight excluding hydrogens is 322 g/mol. The molecule has 0 bridgehead atoms. The number of hydrogen-bond donors (Lipinski definition) is 1. The van der Waals surface area contributed by atoms with Crippen LogP contribution in [0.1, 0.15) is 24.1 Å². The van der Waals surface area contributed by atoms with Gasteiger partial charge in [-0.15, -0.1) is 5.10 Å². The van der Waals surface area contributed by atoms with Crippen molar-refractivity contribution in [3.05, 3.63) is 53.1 Å². The minimum absolute atomic E-state index is 0.165. The first-order valence-corrected chi connectivity index (χ1v) is 8.11. The predicted octanol–water partition coefficient (Wildman–Crippen LogP) is 1.70. The molecule has 25 heavy (non-hydrogen) atoms. The van der Waals surface area contributed by atoms with E-state index < -0.39 is 6.09 Å². The largest absolute Gasteiger partial charge is 0.442 e. The first kappa shape index (κ1) is 15.6. The Morgan fingerprint density at radius 1 is 1.36 bits per heavy atom. The molecule has 2 aliphatic rings. The van der Waals surface area contributed by atoms with Crippen molar-refractivity contribution in [1.82, 2.24) is 15.0 Å². The normalized spacial score (nSPS) is 21.0. The summed E-state index contributed by atoms with van der Waals surface area (Å²) in [4.78, 5) is 17.5. The molecule has 4 rings (SSSR count). The Bertz CT molecular complexity index is 835. The molecule has 1 atom stereocenters. The van der Waals surface area contributed by atoms with E-state index in [9.17, 15) is 9.90 Å². The Morgan fingerprint density at radius 3 is 2.76 bits per heavy atom. The number of nitrogens with zero attached hydrogens (tertiary/aromatic N) is 5. The standard InChI is InChI=1S/C17H17N5O3/c1-18-17(6-7-17)12-2-4-13(5-3-12)21-9-15(25-16(21)24)10-22-14(11-23)8-19-20-22/h2-5,8,15,23H,6-7,9-11H2/t15-/m1/s1. The fraction of sp³-hybridized carbons (Fsp3) is 0.412. The second kappa shape index (κ2) is 5.86. The molecular formula is C17H17N5O3. The number of aliphatic hydroxyl groups excluding tert-OH is 1. The highest BCUT2D eigenvalue weighted by molar-refractivity contribution is 5.89. The highest BCUT2D eigenvalue weighted by Gasteiger charge is 2.52. The first-order chi connectivity index (χ1) is 12.1. The fourth-order valence-corrected chi connectivity index (χ4v) is 3.11. The van der Waals surface area contributed by atoms with Gasteiger partial charge >= 0.3 is 6.09 Å². The van der Waals surface area contributed by atoms with Gasteiger partial charge in [-0.05, 0) is 24.3 Å².